The van der Waals surface area contributed by atoms with Crippen molar-refractivity contribution in [1.82, 2.24) is 4.40 Å². The van der Waals surface area contributed by atoms with Crippen LogP contribution >= 0.6 is 15.9 Å². The minimum Gasteiger partial charge on any atom is -0.397 e. The fourth-order valence-electron chi connectivity index (χ4n) is 1.25. The first-order valence-corrected chi connectivity index (χ1v) is 4.55. The smallest absolute Gasteiger partial charge is 0.256 e. The van der Waals surface area contributed by atoms with E-state index in [1.165, 1.54) is 10.5 Å². The number of nitrogens with two attached hydrogens (primary N) is 1. The van der Waals surface area contributed by atoms with Crippen LogP contribution in [0.15, 0.2) is 39.7 Å². The number of anilines is 1. The molecule has 0 fully saturated rings. The van der Waals surface area contributed by atoms with E-state index in [0.717, 1.165) is 5.52 Å². The highest BCUT2D eigenvalue weighted by Gasteiger charge is 2.01. The van der Waals surface area contributed by atoms with E-state index < -0.39 is 0 Å². The summed E-state index contributed by atoms with van der Waals surface area (Å²) in [5.74, 6) is 0. The monoisotopic (exact) mass is 238 g/mol. The van der Waals surface area contributed by atoms with E-state index in [2.05, 4.69) is 15.9 Å². The van der Waals surface area contributed by atoms with E-state index in [0.29, 0.717) is 10.3 Å². The Morgan fingerprint density at radius 1 is 1.23 bits per heavy atom. The number of hydrogen-bond donors (Lipinski definition) is 1. The molecule has 0 spiro atoms. The van der Waals surface area contributed by atoms with Gasteiger partial charge in [-0.3, -0.25) is 9.20 Å². The normalized spacial score (nSPS) is 10.5. The molecule has 0 amide bonds. The molecule has 0 saturated carbocycles. The second-order valence-corrected chi connectivity index (χ2v) is 3.51. The van der Waals surface area contributed by atoms with Crippen LogP contribution in [0.4, 0.5) is 5.69 Å². The largest absolute Gasteiger partial charge is 0.397 e. The summed E-state index contributed by atoms with van der Waals surface area (Å²) in [6.07, 6.45) is 0. The summed E-state index contributed by atoms with van der Waals surface area (Å²) in [4.78, 5) is 11.4. The summed E-state index contributed by atoms with van der Waals surface area (Å²) in [6.45, 7) is 0. The predicted octanol–water partition coefficient (Wildman–Crippen LogP) is 1.64. The van der Waals surface area contributed by atoms with Crippen LogP contribution in [0.1, 0.15) is 0 Å². The lowest BCUT2D eigenvalue weighted by atomic mass is 10.3. The molecule has 0 atom stereocenters. The Balaban J connectivity index is 3.09. The first kappa shape index (κ1) is 8.31. The molecule has 0 aliphatic rings. The van der Waals surface area contributed by atoms with Gasteiger partial charge in [0.05, 0.1) is 15.8 Å². The zero-order valence-electron chi connectivity index (χ0n) is 6.70. The van der Waals surface area contributed by atoms with Crippen molar-refractivity contribution in [2.75, 3.05) is 5.73 Å². The average molecular weight is 239 g/mol. The zero-order chi connectivity index (χ0) is 9.42. The van der Waals surface area contributed by atoms with Crippen LogP contribution in [-0.2, 0) is 0 Å². The van der Waals surface area contributed by atoms with Crippen molar-refractivity contribution in [1.29, 1.82) is 0 Å². The van der Waals surface area contributed by atoms with Gasteiger partial charge in [0.1, 0.15) is 0 Å². The fourth-order valence-corrected chi connectivity index (χ4v) is 1.77. The van der Waals surface area contributed by atoms with Gasteiger partial charge in [-0.05, 0) is 34.1 Å². The lowest BCUT2D eigenvalue weighted by Gasteiger charge is -2.04. The summed E-state index contributed by atoms with van der Waals surface area (Å²) >= 11 is 3.29. The maximum Gasteiger partial charge on any atom is 0.256 e. The van der Waals surface area contributed by atoms with E-state index >= 15 is 0 Å². The number of rotatable bonds is 0. The highest BCUT2D eigenvalue weighted by atomic mass is 79.9. The molecule has 0 aliphatic carbocycles. The Labute approximate surface area is 82.9 Å². The number of halogens is 1. The molecule has 2 aromatic heterocycles. The minimum atomic E-state index is -0.0864. The van der Waals surface area contributed by atoms with Gasteiger partial charge in [0.15, 0.2) is 0 Å². The Morgan fingerprint density at radius 2 is 2.00 bits per heavy atom. The van der Waals surface area contributed by atoms with Gasteiger partial charge in [-0.2, -0.15) is 0 Å². The summed E-state index contributed by atoms with van der Waals surface area (Å²) in [5.41, 5.74) is 6.95. The third-order valence-electron chi connectivity index (χ3n) is 1.86. The summed E-state index contributed by atoms with van der Waals surface area (Å²) in [5, 5.41) is 0. The van der Waals surface area contributed by atoms with E-state index in [1.54, 1.807) is 12.1 Å². The molecular weight excluding hydrogens is 232 g/mol. The van der Waals surface area contributed by atoms with Crippen molar-refractivity contribution in [3.05, 3.63) is 45.3 Å². The van der Waals surface area contributed by atoms with Crippen molar-refractivity contribution < 1.29 is 0 Å². The molecular formula is C9H7BrN2O. The molecule has 0 radical (unpaired) electrons. The first-order chi connectivity index (χ1) is 6.20. The summed E-state index contributed by atoms with van der Waals surface area (Å²) in [7, 11) is 0. The van der Waals surface area contributed by atoms with Gasteiger partial charge in [-0.15, -0.1) is 0 Å². The molecule has 0 aliphatic heterocycles. The van der Waals surface area contributed by atoms with Crippen LogP contribution in [0.25, 0.3) is 5.52 Å². The maximum absolute atomic E-state index is 11.4. The van der Waals surface area contributed by atoms with Crippen molar-refractivity contribution >= 4 is 27.1 Å². The molecule has 0 unspecified atom stereocenters. The molecule has 13 heavy (non-hydrogen) atoms. The summed E-state index contributed by atoms with van der Waals surface area (Å²) < 4.78 is 2.23. The molecule has 2 rings (SSSR count). The highest BCUT2D eigenvalue weighted by molar-refractivity contribution is 9.10. The Bertz CT molecular complexity index is 518. The van der Waals surface area contributed by atoms with Crippen molar-refractivity contribution in [3.8, 4) is 0 Å². The second kappa shape index (κ2) is 2.88. The van der Waals surface area contributed by atoms with Crippen molar-refractivity contribution in [2.24, 2.45) is 0 Å². The van der Waals surface area contributed by atoms with E-state index in [9.17, 15) is 4.79 Å². The Kier molecular flexibility index (Phi) is 1.84. The van der Waals surface area contributed by atoms with E-state index in [-0.39, 0.29) is 5.56 Å². The number of nitrogen functional groups attached to an aromatic ring is 1. The number of pyridine rings is 2. The van der Waals surface area contributed by atoms with Crippen LogP contribution in [0, 0.1) is 0 Å². The van der Waals surface area contributed by atoms with Crippen molar-refractivity contribution in [3.63, 3.8) is 0 Å². The van der Waals surface area contributed by atoms with Crippen LogP contribution < -0.4 is 11.3 Å². The second-order valence-electron chi connectivity index (χ2n) is 2.70. The predicted molar refractivity (Wildman–Crippen MR) is 55.8 cm³/mol. The van der Waals surface area contributed by atoms with Crippen LogP contribution in [0.2, 0.25) is 0 Å². The molecule has 0 aromatic carbocycles. The van der Waals surface area contributed by atoms with Gasteiger partial charge in [-0.25, -0.2) is 0 Å². The van der Waals surface area contributed by atoms with Gasteiger partial charge in [0.25, 0.3) is 5.56 Å². The molecule has 3 nitrogen and oxygen atoms in total. The number of hydrogen-bond acceptors (Lipinski definition) is 2. The molecule has 66 valence electrons. The Hall–Kier alpha value is -1.29. The number of fused-ring (bicyclic) bond motifs is 1. The third kappa shape index (κ3) is 1.23. The molecule has 0 saturated heterocycles. The molecule has 0 bridgehead atoms. The third-order valence-corrected chi connectivity index (χ3v) is 2.48. The minimum absolute atomic E-state index is 0.0864. The standard InChI is InChI=1S/C9H7BrN2O/c10-8-3-1-2-7-6(11)4-5-9(13)12(7)8/h1-5H,11H2. The molecule has 4 heteroatoms. The zero-order valence-corrected chi connectivity index (χ0v) is 8.28. The maximum atomic E-state index is 11.4. The average Bonchev–Trinajstić information content (AvgIpc) is 2.12. The molecule has 2 aromatic rings. The van der Waals surface area contributed by atoms with Gasteiger partial charge in [0, 0.05) is 6.07 Å². The van der Waals surface area contributed by atoms with Gasteiger partial charge in [0.2, 0.25) is 0 Å². The van der Waals surface area contributed by atoms with Gasteiger partial charge in [-0.1, -0.05) is 6.07 Å². The molecule has 2 heterocycles. The highest BCUT2D eigenvalue weighted by Crippen LogP contribution is 2.15. The van der Waals surface area contributed by atoms with Crippen molar-refractivity contribution in [2.45, 2.75) is 0 Å². The Morgan fingerprint density at radius 3 is 2.69 bits per heavy atom. The van der Waals surface area contributed by atoms with Gasteiger partial charge < -0.3 is 5.73 Å². The lowest BCUT2D eigenvalue weighted by molar-refractivity contribution is 1.06. The quantitative estimate of drug-likeness (QED) is 0.710. The van der Waals surface area contributed by atoms with E-state index in [1.807, 2.05) is 12.1 Å². The van der Waals surface area contributed by atoms with E-state index in [4.69, 9.17) is 5.73 Å². The SMILES string of the molecule is Nc1ccc(=O)n2c(Br)cccc12. The van der Waals surface area contributed by atoms with Crippen LogP contribution in [-0.4, -0.2) is 4.40 Å². The number of nitrogens with zero attached hydrogens (tertiary/aromatic N) is 1. The van der Waals surface area contributed by atoms with Crippen LogP contribution in [0.5, 0.6) is 0 Å². The summed E-state index contributed by atoms with van der Waals surface area (Å²) in [6, 6.07) is 8.52. The first-order valence-electron chi connectivity index (χ1n) is 3.76. The van der Waals surface area contributed by atoms with Gasteiger partial charge >= 0.3 is 0 Å². The lowest BCUT2D eigenvalue weighted by Crippen LogP contribution is -2.13. The van der Waals surface area contributed by atoms with Crippen LogP contribution in [0.3, 0.4) is 0 Å². The fraction of sp³-hybridized carbons (Fsp3) is 0. The molecule has 2 N–H and O–H groups in total. The number of aromatic nitrogens is 1. The topological polar surface area (TPSA) is 47.5 Å².